The molecule has 0 amide bonds. The summed E-state index contributed by atoms with van der Waals surface area (Å²) in [7, 11) is 0. The van der Waals surface area contributed by atoms with Gasteiger partial charge in [0.15, 0.2) is 0 Å². The van der Waals surface area contributed by atoms with Gasteiger partial charge in [-0.1, -0.05) is 76.2 Å². The van der Waals surface area contributed by atoms with Crippen LogP contribution in [0.2, 0.25) is 0 Å². The summed E-state index contributed by atoms with van der Waals surface area (Å²) in [6.07, 6.45) is 26.9. The summed E-state index contributed by atoms with van der Waals surface area (Å²) in [5.74, 6) is -0.912. The predicted molar refractivity (Wildman–Crippen MR) is 126 cm³/mol. The molecular weight excluding hydrogens is 376 g/mol. The second-order valence-electron chi connectivity index (χ2n) is 8.24. The van der Waals surface area contributed by atoms with Crippen LogP contribution in [0.5, 0.6) is 0 Å². The van der Waals surface area contributed by atoms with Gasteiger partial charge >= 0.3 is 11.9 Å². The van der Waals surface area contributed by atoms with Crippen molar-refractivity contribution in [2.24, 2.45) is 0 Å². The van der Waals surface area contributed by atoms with Gasteiger partial charge in [-0.2, -0.15) is 0 Å². The molecule has 0 aromatic carbocycles. The van der Waals surface area contributed by atoms with Crippen LogP contribution in [-0.4, -0.2) is 23.1 Å². The first kappa shape index (κ1) is 28.4. The van der Waals surface area contributed by atoms with E-state index in [1.807, 2.05) is 0 Å². The maximum absolute atomic E-state index is 11.3. The molecule has 1 atom stereocenters. The van der Waals surface area contributed by atoms with Crippen molar-refractivity contribution >= 4 is 11.9 Å². The van der Waals surface area contributed by atoms with Gasteiger partial charge in [0.1, 0.15) is 6.10 Å². The van der Waals surface area contributed by atoms with Gasteiger partial charge in [0, 0.05) is 13.3 Å². The van der Waals surface area contributed by atoms with Gasteiger partial charge in [0.05, 0.1) is 0 Å². The Balaban J connectivity index is 3.74. The molecule has 0 heterocycles. The van der Waals surface area contributed by atoms with Crippen LogP contribution in [-0.2, 0) is 14.3 Å². The first-order valence-corrected chi connectivity index (χ1v) is 12.2. The normalized spacial score (nSPS) is 12.6. The number of esters is 1. The highest BCUT2D eigenvalue weighted by Crippen LogP contribution is 2.15. The first-order valence-electron chi connectivity index (χ1n) is 12.2. The molecule has 0 spiro atoms. The Morgan fingerprint density at radius 3 is 2.00 bits per heavy atom. The molecule has 0 aliphatic rings. The Morgan fingerprint density at radius 2 is 1.33 bits per heavy atom. The van der Waals surface area contributed by atoms with E-state index in [1.165, 1.54) is 45.4 Å². The van der Waals surface area contributed by atoms with Crippen LogP contribution in [0, 0.1) is 0 Å². The largest absolute Gasteiger partial charge is 0.481 e. The maximum atomic E-state index is 11.3. The molecule has 0 aliphatic carbocycles. The molecule has 0 saturated carbocycles. The molecule has 0 saturated heterocycles. The van der Waals surface area contributed by atoms with E-state index in [2.05, 4.69) is 31.2 Å². The highest BCUT2D eigenvalue weighted by Gasteiger charge is 2.11. The third-order valence-electron chi connectivity index (χ3n) is 5.23. The van der Waals surface area contributed by atoms with Gasteiger partial charge in [-0.05, 0) is 57.8 Å². The number of aliphatic carboxylic acids is 1. The molecule has 0 aromatic rings. The number of hydrogen-bond donors (Lipinski definition) is 1. The van der Waals surface area contributed by atoms with E-state index >= 15 is 0 Å². The average Bonchev–Trinajstić information content (AvgIpc) is 2.69. The minimum atomic E-state index is -0.715. The van der Waals surface area contributed by atoms with Crippen LogP contribution >= 0.6 is 0 Å². The Morgan fingerprint density at radius 1 is 0.767 bits per heavy atom. The lowest BCUT2D eigenvalue weighted by atomic mass is 10.0. The lowest BCUT2D eigenvalue weighted by Crippen LogP contribution is -2.16. The van der Waals surface area contributed by atoms with Crippen LogP contribution in [0.4, 0.5) is 0 Å². The number of allylic oxidation sites excluding steroid dienone is 4. The van der Waals surface area contributed by atoms with Gasteiger partial charge in [0.25, 0.3) is 0 Å². The monoisotopic (exact) mass is 422 g/mol. The number of rotatable bonds is 21. The molecule has 30 heavy (non-hydrogen) atoms. The fourth-order valence-corrected chi connectivity index (χ4v) is 3.51. The van der Waals surface area contributed by atoms with E-state index in [1.54, 1.807) is 0 Å². The summed E-state index contributed by atoms with van der Waals surface area (Å²) in [6.45, 7) is 3.73. The third kappa shape index (κ3) is 22.7. The Hall–Kier alpha value is -1.58. The van der Waals surface area contributed by atoms with Crippen LogP contribution in [0.3, 0.4) is 0 Å². The molecule has 1 unspecified atom stereocenters. The molecular formula is C26H46O4. The lowest BCUT2D eigenvalue weighted by molar-refractivity contribution is -0.147. The minimum absolute atomic E-state index is 0.0162. The van der Waals surface area contributed by atoms with Crippen LogP contribution in [0.15, 0.2) is 24.3 Å². The number of hydrogen-bond acceptors (Lipinski definition) is 3. The van der Waals surface area contributed by atoms with E-state index in [9.17, 15) is 9.59 Å². The molecule has 0 aromatic heterocycles. The van der Waals surface area contributed by atoms with Crippen molar-refractivity contribution in [1.82, 2.24) is 0 Å². The number of carboxylic acids is 1. The zero-order valence-electron chi connectivity index (χ0n) is 19.6. The van der Waals surface area contributed by atoms with E-state index < -0.39 is 5.97 Å². The molecule has 4 heteroatoms. The van der Waals surface area contributed by atoms with Crippen molar-refractivity contribution in [2.45, 2.75) is 129 Å². The van der Waals surface area contributed by atoms with Crippen molar-refractivity contribution in [1.29, 1.82) is 0 Å². The standard InChI is InChI=1S/C26H46O4/c1-3-4-5-6-7-8-9-10-11-12-13-15-18-21-25(30-24(2)27)22-19-16-14-17-20-23-26(28)29/h9-10,12-13,25H,3-8,11,14-23H2,1-2H3,(H,28,29)/b10-9-,13-12-. The van der Waals surface area contributed by atoms with E-state index in [0.717, 1.165) is 64.2 Å². The third-order valence-corrected chi connectivity index (χ3v) is 5.23. The summed E-state index contributed by atoms with van der Waals surface area (Å²) in [6, 6.07) is 0. The number of carbonyl (C=O) groups excluding carboxylic acids is 1. The van der Waals surface area contributed by atoms with Gasteiger partial charge < -0.3 is 9.84 Å². The maximum Gasteiger partial charge on any atom is 0.303 e. The second-order valence-corrected chi connectivity index (χ2v) is 8.24. The lowest BCUT2D eigenvalue weighted by Gasteiger charge is -2.16. The smallest absolute Gasteiger partial charge is 0.303 e. The van der Waals surface area contributed by atoms with Gasteiger partial charge in [-0.15, -0.1) is 0 Å². The molecule has 0 fully saturated rings. The van der Waals surface area contributed by atoms with Gasteiger partial charge in [-0.3, -0.25) is 9.59 Å². The number of carbonyl (C=O) groups is 2. The Kier molecular flexibility index (Phi) is 20.9. The SMILES string of the molecule is CCCCCCC/C=C\C/C=C\CCCC(CCCCCCCC(=O)O)OC(C)=O. The van der Waals surface area contributed by atoms with E-state index in [0.29, 0.717) is 0 Å². The fourth-order valence-electron chi connectivity index (χ4n) is 3.51. The summed E-state index contributed by atoms with van der Waals surface area (Å²) in [4.78, 5) is 21.8. The molecule has 0 aliphatic heterocycles. The molecule has 1 N–H and O–H groups in total. The van der Waals surface area contributed by atoms with Gasteiger partial charge in [-0.25, -0.2) is 0 Å². The van der Waals surface area contributed by atoms with Crippen LogP contribution in [0.25, 0.3) is 0 Å². The van der Waals surface area contributed by atoms with Gasteiger partial charge in [0.2, 0.25) is 0 Å². The second kappa shape index (κ2) is 22.1. The highest BCUT2D eigenvalue weighted by molar-refractivity contribution is 5.66. The summed E-state index contributed by atoms with van der Waals surface area (Å²) in [5, 5.41) is 8.63. The van der Waals surface area contributed by atoms with Crippen molar-refractivity contribution in [2.75, 3.05) is 0 Å². The fraction of sp³-hybridized carbons (Fsp3) is 0.769. The summed E-state index contributed by atoms with van der Waals surface area (Å²) >= 11 is 0. The quantitative estimate of drug-likeness (QED) is 0.117. The van der Waals surface area contributed by atoms with E-state index in [-0.39, 0.29) is 18.5 Å². The number of carboxylic acid groups (broad SMARTS) is 1. The highest BCUT2D eigenvalue weighted by atomic mass is 16.5. The Bertz CT molecular complexity index is 468. The average molecular weight is 423 g/mol. The molecule has 0 rings (SSSR count). The minimum Gasteiger partial charge on any atom is -0.481 e. The summed E-state index contributed by atoms with van der Waals surface area (Å²) < 4.78 is 5.46. The summed E-state index contributed by atoms with van der Waals surface area (Å²) in [5.41, 5.74) is 0. The topological polar surface area (TPSA) is 63.6 Å². The number of unbranched alkanes of at least 4 members (excludes halogenated alkanes) is 10. The molecule has 0 radical (unpaired) electrons. The van der Waals surface area contributed by atoms with Crippen molar-refractivity contribution < 1.29 is 19.4 Å². The predicted octanol–water partition coefficient (Wildman–Crippen LogP) is 7.77. The van der Waals surface area contributed by atoms with Crippen molar-refractivity contribution in [3.05, 3.63) is 24.3 Å². The zero-order valence-corrected chi connectivity index (χ0v) is 19.6. The Labute approximate surface area is 185 Å². The van der Waals surface area contributed by atoms with Crippen LogP contribution < -0.4 is 0 Å². The van der Waals surface area contributed by atoms with Crippen molar-refractivity contribution in [3.8, 4) is 0 Å². The van der Waals surface area contributed by atoms with E-state index in [4.69, 9.17) is 9.84 Å². The molecule has 4 nitrogen and oxygen atoms in total. The van der Waals surface area contributed by atoms with Crippen molar-refractivity contribution in [3.63, 3.8) is 0 Å². The first-order chi connectivity index (χ1) is 14.6. The molecule has 0 bridgehead atoms. The number of ether oxygens (including phenoxy) is 1. The molecule has 174 valence electrons. The van der Waals surface area contributed by atoms with Crippen LogP contribution in [0.1, 0.15) is 123 Å². The zero-order chi connectivity index (χ0) is 22.3.